The summed E-state index contributed by atoms with van der Waals surface area (Å²) in [5.41, 5.74) is 1.14. The van der Waals surface area contributed by atoms with Crippen LogP contribution in [0, 0.1) is 5.92 Å². The van der Waals surface area contributed by atoms with Gasteiger partial charge in [0.2, 0.25) is 0 Å². The second kappa shape index (κ2) is 10.6. The number of aryl methyl sites for hydroxylation is 1. The summed E-state index contributed by atoms with van der Waals surface area (Å²) in [6, 6.07) is 14.8. The molecule has 8 heteroatoms. The highest BCUT2D eigenvalue weighted by molar-refractivity contribution is 6.31. The summed E-state index contributed by atoms with van der Waals surface area (Å²) in [6.07, 6.45) is 7.88. The monoisotopic (exact) mass is 492 g/mol. The molecule has 0 saturated heterocycles. The Balaban J connectivity index is 1.44. The summed E-state index contributed by atoms with van der Waals surface area (Å²) in [6.45, 7) is 6.36. The van der Waals surface area contributed by atoms with E-state index in [0.717, 1.165) is 5.56 Å². The molecular weight excluding hydrogens is 464 g/mol. The second-order valence-electron chi connectivity index (χ2n) is 8.69. The smallest absolute Gasteiger partial charge is 0.264 e. The highest BCUT2D eigenvalue weighted by Crippen LogP contribution is 2.46. The first-order valence-corrected chi connectivity index (χ1v) is 12.0. The Morgan fingerprint density at radius 2 is 2.00 bits per heavy atom. The molecule has 1 aromatic heterocycles. The fourth-order valence-electron chi connectivity index (χ4n) is 4.51. The van der Waals surface area contributed by atoms with E-state index in [4.69, 9.17) is 11.6 Å². The van der Waals surface area contributed by atoms with Gasteiger partial charge in [-0.25, -0.2) is 0 Å². The van der Waals surface area contributed by atoms with Crippen molar-refractivity contribution in [3.05, 3.63) is 101 Å². The molecule has 3 atom stereocenters. The fraction of sp³-hybridized carbons (Fsp3) is 0.296. The number of allylic oxidation sites excluding steroid dienone is 1. The number of rotatable bonds is 10. The summed E-state index contributed by atoms with van der Waals surface area (Å²) in [4.78, 5) is 14.7. The number of amides is 1. The first-order chi connectivity index (χ1) is 16.9. The number of aromatic nitrogens is 3. The van der Waals surface area contributed by atoms with Crippen LogP contribution in [0.1, 0.15) is 36.1 Å². The predicted octanol–water partition coefficient (Wildman–Crippen LogP) is 4.06. The normalized spacial score (nSPS) is 19.2. The number of nitrogens with zero attached hydrogens (tertiary/aromatic N) is 4. The number of carbonyl (C=O) groups is 1. The standard InChI is InChI=1S/C27H29ClN4O3/c1-3-14-32-25-13-12-21(28)16-23(25)27(35,26(32)34)19(2)9-7-8-15-31-17-24(29-30-31)22(18-33)20-10-5-4-6-11-20/h3-7,9-13,16-17,19,22,33,35H,1,8,14-15,18H2,2H3/b9-7+/t19-,22?,27+/m0/s1. The third-order valence-corrected chi connectivity index (χ3v) is 6.68. The average Bonchev–Trinajstić information content (AvgIpc) is 3.41. The molecule has 0 aliphatic carbocycles. The lowest BCUT2D eigenvalue weighted by atomic mass is 9.83. The molecule has 35 heavy (non-hydrogen) atoms. The molecule has 2 N–H and O–H groups in total. The Bertz CT molecular complexity index is 1230. The minimum Gasteiger partial charge on any atom is -0.395 e. The molecule has 1 unspecified atom stereocenters. The van der Waals surface area contributed by atoms with Crippen molar-refractivity contribution < 1.29 is 15.0 Å². The molecule has 4 rings (SSSR count). The van der Waals surface area contributed by atoms with Gasteiger partial charge in [0.1, 0.15) is 0 Å². The van der Waals surface area contributed by atoms with E-state index < -0.39 is 11.5 Å². The van der Waals surface area contributed by atoms with Gasteiger partial charge in [-0.2, -0.15) is 0 Å². The Hall–Kier alpha value is -3.26. The van der Waals surface area contributed by atoms with Gasteiger partial charge in [0.05, 0.1) is 23.9 Å². The van der Waals surface area contributed by atoms with Crippen LogP contribution in [-0.2, 0) is 16.9 Å². The van der Waals surface area contributed by atoms with Gasteiger partial charge >= 0.3 is 0 Å². The first-order valence-electron chi connectivity index (χ1n) is 11.6. The van der Waals surface area contributed by atoms with Crippen LogP contribution >= 0.6 is 11.6 Å². The summed E-state index contributed by atoms with van der Waals surface area (Å²) in [5, 5.41) is 30.3. The Morgan fingerprint density at radius 1 is 1.23 bits per heavy atom. The van der Waals surface area contributed by atoms with Gasteiger partial charge in [-0.15, -0.1) is 11.7 Å². The molecular formula is C27H29ClN4O3. The van der Waals surface area contributed by atoms with Crippen LogP contribution < -0.4 is 4.90 Å². The fourth-order valence-corrected chi connectivity index (χ4v) is 4.69. The maximum absolute atomic E-state index is 13.2. The molecule has 7 nitrogen and oxygen atoms in total. The Kier molecular flexibility index (Phi) is 7.50. The number of hydrogen-bond acceptors (Lipinski definition) is 5. The van der Waals surface area contributed by atoms with Gasteiger partial charge < -0.3 is 15.1 Å². The minimum absolute atomic E-state index is 0.0545. The molecule has 2 aromatic carbocycles. The topological polar surface area (TPSA) is 91.5 Å². The summed E-state index contributed by atoms with van der Waals surface area (Å²) in [5.74, 6) is -1.09. The van der Waals surface area contributed by atoms with Crippen molar-refractivity contribution in [1.29, 1.82) is 0 Å². The van der Waals surface area contributed by atoms with Crippen molar-refractivity contribution in [2.24, 2.45) is 5.92 Å². The van der Waals surface area contributed by atoms with Crippen molar-refractivity contribution >= 4 is 23.2 Å². The zero-order chi connectivity index (χ0) is 25.0. The van der Waals surface area contributed by atoms with Crippen LogP contribution in [0.5, 0.6) is 0 Å². The molecule has 182 valence electrons. The molecule has 0 spiro atoms. The molecule has 1 aliphatic rings. The Morgan fingerprint density at radius 3 is 2.71 bits per heavy atom. The SMILES string of the molecule is C=CCN1C(=O)[C@@](O)([C@@H](C)/C=C/CCn2cc(C(CO)c3ccccc3)nn2)c2cc(Cl)ccc21. The van der Waals surface area contributed by atoms with E-state index in [2.05, 4.69) is 16.9 Å². The van der Waals surface area contributed by atoms with E-state index >= 15 is 0 Å². The highest BCUT2D eigenvalue weighted by Gasteiger charge is 2.52. The van der Waals surface area contributed by atoms with E-state index in [0.29, 0.717) is 41.5 Å². The zero-order valence-corrected chi connectivity index (χ0v) is 20.3. The molecule has 0 radical (unpaired) electrons. The van der Waals surface area contributed by atoms with Gasteiger partial charge in [0, 0.05) is 35.8 Å². The lowest BCUT2D eigenvalue weighted by Gasteiger charge is -2.27. The molecule has 3 aromatic rings. The van der Waals surface area contributed by atoms with Gasteiger partial charge in [-0.3, -0.25) is 9.48 Å². The molecule has 0 bridgehead atoms. The third-order valence-electron chi connectivity index (χ3n) is 6.45. The number of carbonyl (C=O) groups excluding carboxylic acids is 1. The second-order valence-corrected chi connectivity index (χ2v) is 9.13. The molecule has 1 aliphatic heterocycles. The Labute approximate surface area is 210 Å². The van der Waals surface area contributed by atoms with E-state index in [9.17, 15) is 15.0 Å². The zero-order valence-electron chi connectivity index (χ0n) is 19.6. The van der Waals surface area contributed by atoms with Crippen LogP contribution in [-0.4, -0.2) is 44.3 Å². The van der Waals surface area contributed by atoms with Gasteiger partial charge in [0.15, 0.2) is 5.60 Å². The van der Waals surface area contributed by atoms with Gasteiger partial charge in [-0.1, -0.05) is 72.3 Å². The third kappa shape index (κ3) is 4.80. The minimum atomic E-state index is -1.70. The van der Waals surface area contributed by atoms with E-state index in [1.54, 1.807) is 29.0 Å². The number of benzene rings is 2. The van der Waals surface area contributed by atoms with Gasteiger partial charge in [0.25, 0.3) is 5.91 Å². The van der Waals surface area contributed by atoms with Crippen molar-refractivity contribution in [3.63, 3.8) is 0 Å². The van der Waals surface area contributed by atoms with Crippen molar-refractivity contribution in [2.45, 2.75) is 31.4 Å². The lowest BCUT2D eigenvalue weighted by Crippen LogP contribution is -2.44. The largest absolute Gasteiger partial charge is 0.395 e. The maximum Gasteiger partial charge on any atom is 0.264 e. The quantitative estimate of drug-likeness (QED) is 0.416. The molecule has 1 amide bonds. The van der Waals surface area contributed by atoms with E-state index in [-0.39, 0.29) is 18.4 Å². The van der Waals surface area contributed by atoms with Crippen LogP contribution in [0.2, 0.25) is 5.02 Å². The van der Waals surface area contributed by atoms with E-state index in [1.165, 1.54) is 4.90 Å². The van der Waals surface area contributed by atoms with Crippen molar-refractivity contribution in [3.8, 4) is 0 Å². The van der Waals surface area contributed by atoms with Crippen molar-refractivity contribution in [2.75, 3.05) is 18.1 Å². The van der Waals surface area contributed by atoms with Gasteiger partial charge in [-0.05, 0) is 30.2 Å². The van der Waals surface area contributed by atoms with Crippen LogP contribution in [0.15, 0.2) is 79.5 Å². The van der Waals surface area contributed by atoms with Crippen LogP contribution in [0.25, 0.3) is 0 Å². The summed E-state index contributed by atoms with van der Waals surface area (Å²) < 4.78 is 1.73. The number of anilines is 1. The van der Waals surface area contributed by atoms with Crippen molar-refractivity contribution in [1.82, 2.24) is 15.0 Å². The summed E-state index contributed by atoms with van der Waals surface area (Å²) >= 11 is 6.19. The maximum atomic E-state index is 13.2. The number of hydrogen-bond donors (Lipinski definition) is 2. The molecule has 0 fully saturated rings. The number of fused-ring (bicyclic) bond motifs is 1. The highest BCUT2D eigenvalue weighted by atomic mass is 35.5. The lowest BCUT2D eigenvalue weighted by molar-refractivity contribution is -0.139. The van der Waals surface area contributed by atoms with Crippen LogP contribution in [0.3, 0.4) is 0 Å². The number of aliphatic hydroxyl groups is 2. The first kappa shape index (κ1) is 24.9. The van der Waals surface area contributed by atoms with E-state index in [1.807, 2.05) is 55.6 Å². The average molecular weight is 493 g/mol. The summed E-state index contributed by atoms with van der Waals surface area (Å²) in [7, 11) is 0. The predicted molar refractivity (Wildman–Crippen MR) is 136 cm³/mol. The number of aliphatic hydroxyl groups excluding tert-OH is 1. The number of halogens is 1. The molecule has 2 heterocycles. The van der Waals surface area contributed by atoms with Crippen LogP contribution in [0.4, 0.5) is 5.69 Å². The molecule has 0 saturated carbocycles.